The van der Waals surface area contributed by atoms with E-state index in [1.54, 1.807) is 12.1 Å². The molecule has 5 nitrogen and oxygen atoms in total. The summed E-state index contributed by atoms with van der Waals surface area (Å²) in [6, 6.07) is 16.0. The number of benzene rings is 2. The Labute approximate surface area is 168 Å². The lowest BCUT2D eigenvalue weighted by atomic mass is 10.1. The van der Waals surface area contributed by atoms with E-state index in [0.29, 0.717) is 11.7 Å². The summed E-state index contributed by atoms with van der Waals surface area (Å²) in [5.74, 6) is 0.409. The van der Waals surface area contributed by atoms with Crippen LogP contribution in [0.5, 0.6) is 0 Å². The Hall–Kier alpha value is -2.67. The van der Waals surface area contributed by atoms with E-state index < -0.39 is 0 Å². The highest BCUT2D eigenvalue weighted by molar-refractivity contribution is 8.00. The van der Waals surface area contributed by atoms with E-state index >= 15 is 0 Å². The molecule has 0 spiro atoms. The Morgan fingerprint density at radius 2 is 1.79 bits per heavy atom. The maximum absolute atomic E-state index is 13.1. The molecule has 0 unspecified atom stereocenters. The number of halogens is 1. The van der Waals surface area contributed by atoms with Crippen molar-refractivity contribution in [3.8, 4) is 0 Å². The van der Waals surface area contributed by atoms with Crippen LogP contribution in [0.1, 0.15) is 36.8 Å². The Morgan fingerprint density at radius 3 is 2.46 bits per heavy atom. The minimum absolute atomic E-state index is 0.103. The fourth-order valence-electron chi connectivity index (χ4n) is 2.77. The van der Waals surface area contributed by atoms with Gasteiger partial charge in [-0.2, -0.15) is 0 Å². The van der Waals surface area contributed by atoms with Gasteiger partial charge in [0.2, 0.25) is 5.91 Å². The molecule has 0 aliphatic carbocycles. The van der Waals surface area contributed by atoms with Gasteiger partial charge < -0.3 is 9.88 Å². The van der Waals surface area contributed by atoms with Crippen molar-refractivity contribution in [1.29, 1.82) is 0 Å². The number of carbonyl (C=O) groups is 1. The lowest BCUT2D eigenvalue weighted by Gasteiger charge is -2.18. The van der Waals surface area contributed by atoms with Gasteiger partial charge in [-0.3, -0.25) is 4.79 Å². The molecule has 146 valence electrons. The molecule has 0 aliphatic rings. The fourth-order valence-corrected chi connectivity index (χ4v) is 3.68. The van der Waals surface area contributed by atoms with Gasteiger partial charge in [0.15, 0.2) is 5.16 Å². The average molecular weight is 399 g/mol. The summed E-state index contributed by atoms with van der Waals surface area (Å²) in [6.07, 6.45) is 0. The molecule has 0 bridgehead atoms. The zero-order chi connectivity index (χ0) is 20.1. The number of aromatic nitrogens is 3. The summed E-state index contributed by atoms with van der Waals surface area (Å²) in [5, 5.41) is 11.7. The zero-order valence-electron chi connectivity index (χ0n) is 16.1. The number of rotatable bonds is 7. The second kappa shape index (κ2) is 9.01. The molecule has 3 rings (SSSR count). The molecule has 0 fully saturated rings. The van der Waals surface area contributed by atoms with Crippen molar-refractivity contribution in [2.24, 2.45) is 0 Å². The lowest BCUT2D eigenvalue weighted by Crippen LogP contribution is -2.33. The number of amides is 1. The number of carbonyl (C=O) groups excluding carboxylic acids is 1. The molecule has 28 heavy (non-hydrogen) atoms. The third-order valence-electron chi connectivity index (χ3n) is 4.47. The first-order chi connectivity index (χ1) is 13.4. The minimum Gasteiger partial charge on any atom is -0.349 e. The van der Waals surface area contributed by atoms with Crippen molar-refractivity contribution in [3.05, 3.63) is 77.4 Å². The molecule has 1 N–H and O–H groups in total. The topological polar surface area (TPSA) is 59.8 Å². The SMILES string of the molecule is Cc1nnc(S[C@H](C)C(=O)N[C@H](C)c2ccc(F)cc2)n1Cc1ccccc1. The van der Waals surface area contributed by atoms with Crippen LogP contribution in [-0.2, 0) is 11.3 Å². The highest BCUT2D eigenvalue weighted by Gasteiger charge is 2.21. The van der Waals surface area contributed by atoms with E-state index in [-0.39, 0.29) is 23.0 Å². The van der Waals surface area contributed by atoms with Gasteiger partial charge in [0.25, 0.3) is 0 Å². The number of aryl methyl sites for hydroxylation is 1. The van der Waals surface area contributed by atoms with Gasteiger partial charge in [0.1, 0.15) is 11.6 Å². The van der Waals surface area contributed by atoms with Crippen molar-refractivity contribution in [2.45, 2.75) is 43.8 Å². The van der Waals surface area contributed by atoms with E-state index in [1.165, 1.54) is 23.9 Å². The monoisotopic (exact) mass is 398 g/mol. The number of nitrogens with one attached hydrogen (secondary N) is 1. The Morgan fingerprint density at radius 1 is 1.11 bits per heavy atom. The van der Waals surface area contributed by atoms with Crippen molar-refractivity contribution in [1.82, 2.24) is 20.1 Å². The highest BCUT2D eigenvalue weighted by Crippen LogP contribution is 2.24. The second-order valence-electron chi connectivity index (χ2n) is 6.64. The van der Waals surface area contributed by atoms with Gasteiger partial charge in [-0.1, -0.05) is 54.2 Å². The maximum Gasteiger partial charge on any atom is 0.233 e. The molecule has 1 heterocycles. The van der Waals surface area contributed by atoms with E-state index in [1.807, 2.05) is 55.7 Å². The molecule has 1 amide bonds. The fraction of sp³-hybridized carbons (Fsp3) is 0.286. The third-order valence-corrected chi connectivity index (χ3v) is 5.55. The molecular formula is C21H23FN4OS. The van der Waals surface area contributed by atoms with E-state index in [4.69, 9.17) is 0 Å². The quantitative estimate of drug-likeness (QED) is 0.608. The van der Waals surface area contributed by atoms with Gasteiger partial charge in [-0.15, -0.1) is 10.2 Å². The number of thioether (sulfide) groups is 1. The molecule has 2 atom stereocenters. The number of nitrogens with zero attached hydrogens (tertiary/aromatic N) is 3. The summed E-state index contributed by atoms with van der Waals surface area (Å²) in [7, 11) is 0. The molecule has 3 aromatic rings. The van der Waals surface area contributed by atoms with E-state index in [9.17, 15) is 9.18 Å². The number of hydrogen-bond acceptors (Lipinski definition) is 4. The Kier molecular flexibility index (Phi) is 6.46. The van der Waals surface area contributed by atoms with Crippen molar-refractivity contribution in [2.75, 3.05) is 0 Å². The third kappa shape index (κ3) is 4.98. The molecular weight excluding hydrogens is 375 g/mol. The zero-order valence-corrected chi connectivity index (χ0v) is 16.9. The van der Waals surface area contributed by atoms with Gasteiger partial charge in [-0.25, -0.2) is 4.39 Å². The standard InChI is InChI=1S/C21H23FN4OS/c1-14(18-9-11-19(22)12-10-18)23-20(27)15(2)28-21-25-24-16(3)26(21)13-17-7-5-4-6-8-17/h4-12,14-15H,13H2,1-3H3,(H,23,27)/t14-,15-/m1/s1. The van der Waals surface area contributed by atoms with Gasteiger partial charge in [0.05, 0.1) is 17.8 Å². The second-order valence-corrected chi connectivity index (χ2v) is 7.95. The molecule has 7 heteroatoms. The van der Waals surface area contributed by atoms with Crippen molar-refractivity contribution >= 4 is 17.7 Å². The average Bonchev–Trinajstić information content (AvgIpc) is 3.02. The van der Waals surface area contributed by atoms with E-state index in [2.05, 4.69) is 15.5 Å². The van der Waals surface area contributed by atoms with Gasteiger partial charge >= 0.3 is 0 Å². The predicted molar refractivity (Wildman–Crippen MR) is 109 cm³/mol. The smallest absolute Gasteiger partial charge is 0.233 e. The first kappa shape index (κ1) is 20.1. The van der Waals surface area contributed by atoms with Crippen LogP contribution in [0.2, 0.25) is 0 Å². The van der Waals surface area contributed by atoms with Crippen LogP contribution in [0.3, 0.4) is 0 Å². The minimum atomic E-state index is -0.346. The number of hydrogen-bond donors (Lipinski definition) is 1. The Bertz CT molecular complexity index is 927. The molecule has 0 saturated carbocycles. The van der Waals surface area contributed by atoms with E-state index in [0.717, 1.165) is 17.0 Å². The van der Waals surface area contributed by atoms with Crippen molar-refractivity contribution in [3.63, 3.8) is 0 Å². The summed E-state index contributed by atoms with van der Waals surface area (Å²) < 4.78 is 15.1. The molecule has 2 aromatic carbocycles. The molecule has 1 aromatic heterocycles. The first-order valence-electron chi connectivity index (χ1n) is 9.10. The van der Waals surface area contributed by atoms with Crippen LogP contribution < -0.4 is 5.32 Å². The lowest BCUT2D eigenvalue weighted by molar-refractivity contribution is -0.120. The molecule has 0 saturated heterocycles. The largest absolute Gasteiger partial charge is 0.349 e. The maximum atomic E-state index is 13.1. The molecule has 0 aliphatic heterocycles. The van der Waals surface area contributed by atoms with Gasteiger partial charge in [-0.05, 0) is 44.0 Å². The summed E-state index contributed by atoms with van der Waals surface area (Å²) in [5.41, 5.74) is 2.00. The molecule has 0 radical (unpaired) electrons. The van der Waals surface area contributed by atoms with Crippen LogP contribution in [0.4, 0.5) is 4.39 Å². The summed E-state index contributed by atoms with van der Waals surface area (Å²) in [6.45, 7) is 6.28. The van der Waals surface area contributed by atoms with Gasteiger partial charge in [0, 0.05) is 0 Å². The van der Waals surface area contributed by atoms with Crippen LogP contribution in [0, 0.1) is 12.7 Å². The van der Waals surface area contributed by atoms with Crippen LogP contribution in [0.25, 0.3) is 0 Å². The normalized spacial score (nSPS) is 13.1. The van der Waals surface area contributed by atoms with Crippen LogP contribution >= 0.6 is 11.8 Å². The first-order valence-corrected chi connectivity index (χ1v) is 9.98. The summed E-state index contributed by atoms with van der Waals surface area (Å²) in [4.78, 5) is 12.6. The van der Waals surface area contributed by atoms with Crippen LogP contribution in [0.15, 0.2) is 59.8 Å². The van der Waals surface area contributed by atoms with Crippen LogP contribution in [-0.4, -0.2) is 25.9 Å². The highest BCUT2D eigenvalue weighted by atomic mass is 32.2. The summed E-state index contributed by atoms with van der Waals surface area (Å²) >= 11 is 1.38. The predicted octanol–water partition coefficient (Wildman–Crippen LogP) is 4.13. The Balaban J connectivity index is 1.65. The van der Waals surface area contributed by atoms with Crippen molar-refractivity contribution < 1.29 is 9.18 Å².